The number of rotatable bonds is 14. The second-order valence-corrected chi connectivity index (χ2v) is 22.2. The standard InChI is InChI=1S/2C40H36N2/c2*1-29-5-17-35(18-6-29)41(36-19-7-30(2)8-20-36)39-25-13-33(14-26-39)34-15-27-40(28-16-34)42(37-21-9-31(3)10-22-37)38-23-11-32(4)12-24-38/h2*5-28H,1-4H3. The molecule has 0 N–H and O–H groups in total. The van der Waals surface area contributed by atoms with Crippen LogP contribution in [0, 0.1) is 55.4 Å². The minimum atomic E-state index is 1.13. The lowest BCUT2D eigenvalue weighted by Crippen LogP contribution is -2.10. The van der Waals surface area contributed by atoms with Crippen LogP contribution in [-0.4, -0.2) is 0 Å². The molecule has 12 aromatic rings. The Morgan fingerprint density at radius 1 is 0.119 bits per heavy atom. The summed E-state index contributed by atoms with van der Waals surface area (Å²) in [5.41, 5.74) is 28.5. The molecule has 0 spiro atoms. The van der Waals surface area contributed by atoms with Crippen molar-refractivity contribution in [2.75, 3.05) is 19.6 Å². The Hall–Kier alpha value is -10.2. The van der Waals surface area contributed by atoms with Gasteiger partial charge >= 0.3 is 0 Å². The van der Waals surface area contributed by atoms with E-state index in [0.29, 0.717) is 0 Å². The van der Waals surface area contributed by atoms with Gasteiger partial charge in [-0.2, -0.15) is 0 Å². The summed E-state index contributed by atoms with van der Waals surface area (Å²) in [5, 5.41) is 0. The maximum Gasteiger partial charge on any atom is 0.0462 e. The zero-order valence-corrected chi connectivity index (χ0v) is 49.5. The molecule has 12 rings (SSSR count). The van der Waals surface area contributed by atoms with Crippen molar-refractivity contribution in [3.05, 3.63) is 336 Å². The zero-order valence-electron chi connectivity index (χ0n) is 49.5. The molecule has 0 aliphatic rings. The van der Waals surface area contributed by atoms with E-state index >= 15 is 0 Å². The van der Waals surface area contributed by atoms with Crippen molar-refractivity contribution in [2.45, 2.75) is 55.4 Å². The summed E-state index contributed by atoms with van der Waals surface area (Å²) >= 11 is 0. The molecule has 84 heavy (non-hydrogen) atoms. The largest absolute Gasteiger partial charge is 0.311 e. The molecule has 0 aliphatic carbocycles. The van der Waals surface area contributed by atoms with Crippen molar-refractivity contribution < 1.29 is 0 Å². The average molecular weight is 1090 g/mol. The molecule has 0 amide bonds. The van der Waals surface area contributed by atoms with Crippen LogP contribution in [0.3, 0.4) is 0 Å². The first kappa shape index (κ1) is 55.7. The lowest BCUT2D eigenvalue weighted by molar-refractivity contribution is 1.26. The summed E-state index contributed by atoms with van der Waals surface area (Å²) in [7, 11) is 0. The van der Waals surface area contributed by atoms with Crippen LogP contribution in [0.2, 0.25) is 0 Å². The number of hydrogen-bond acceptors (Lipinski definition) is 4. The molecule has 0 aromatic heterocycles. The van der Waals surface area contributed by atoms with Crippen molar-refractivity contribution in [3.63, 3.8) is 0 Å². The van der Waals surface area contributed by atoms with E-state index in [1.165, 1.54) is 66.8 Å². The smallest absolute Gasteiger partial charge is 0.0462 e. The molecule has 0 heterocycles. The van der Waals surface area contributed by atoms with E-state index in [4.69, 9.17) is 0 Å². The second-order valence-electron chi connectivity index (χ2n) is 22.2. The molecule has 412 valence electrons. The molecule has 4 nitrogen and oxygen atoms in total. The Morgan fingerprint density at radius 2 is 0.202 bits per heavy atom. The monoisotopic (exact) mass is 1090 g/mol. The van der Waals surface area contributed by atoms with Gasteiger partial charge in [-0.25, -0.2) is 0 Å². The minimum Gasteiger partial charge on any atom is -0.311 e. The van der Waals surface area contributed by atoms with Crippen LogP contribution in [0.25, 0.3) is 22.3 Å². The van der Waals surface area contributed by atoms with E-state index in [1.807, 2.05) is 0 Å². The van der Waals surface area contributed by atoms with Crippen LogP contribution in [0.15, 0.2) is 291 Å². The van der Waals surface area contributed by atoms with Crippen molar-refractivity contribution in [3.8, 4) is 22.3 Å². The van der Waals surface area contributed by atoms with E-state index in [-0.39, 0.29) is 0 Å². The molecule has 0 radical (unpaired) electrons. The van der Waals surface area contributed by atoms with Crippen molar-refractivity contribution in [1.29, 1.82) is 0 Å². The molecule has 0 aliphatic heterocycles. The molecule has 4 heteroatoms. The first-order chi connectivity index (χ1) is 40.9. The molecule has 0 atom stereocenters. The van der Waals surface area contributed by atoms with Gasteiger partial charge in [0.25, 0.3) is 0 Å². The van der Waals surface area contributed by atoms with Gasteiger partial charge in [0.05, 0.1) is 0 Å². The van der Waals surface area contributed by atoms with Gasteiger partial charge in [-0.1, -0.05) is 190 Å². The Morgan fingerprint density at radius 3 is 0.298 bits per heavy atom. The van der Waals surface area contributed by atoms with Crippen molar-refractivity contribution >= 4 is 68.2 Å². The maximum atomic E-state index is 2.31. The lowest BCUT2D eigenvalue weighted by atomic mass is 10.0. The van der Waals surface area contributed by atoms with Crippen LogP contribution in [0.4, 0.5) is 68.2 Å². The van der Waals surface area contributed by atoms with Crippen LogP contribution >= 0.6 is 0 Å². The highest BCUT2D eigenvalue weighted by molar-refractivity contribution is 5.83. The highest BCUT2D eigenvalue weighted by atomic mass is 15.2. The molecule has 0 saturated heterocycles. The topological polar surface area (TPSA) is 13.0 Å². The van der Waals surface area contributed by atoms with Crippen LogP contribution < -0.4 is 19.6 Å². The summed E-state index contributed by atoms with van der Waals surface area (Å²) in [6.45, 7) is 17.0. The van der Waals surface area contributed by atoms with Gasteiger partial charge in [0.2, 0.25) is 0 Å². The number of hydrogen-bond donors (Lipinski definition) is 0. The summed E-state index contributed by atoms with van der Waals surface area (Å²) in [6, 6.07) is 105. The first-order valence-electron chi connectivity index (χ1n) is 29.0. The van der Waals surface area contributed by atoms with Crippen LogP contribution in [-0.2, 0) is 0 Å². The third kappa shape index (κ3) is 13.1. The van der Waals surface area contributed by atoms with Crippen LogP contribution in [0.5, 0.6) is 0 Å². The van der Waals surface area contributed by atoms with Crippen molar-refractivity contribution in [1.82, 2.24) is 0 Å². The fraction of sp³-hybridized carbons (Fsp3) is 0.100. The normalized spacial score (nSPS) is 10.9. The molecule has 0 fully saturated rings. The molecule has 12 aromatic carbocycles. The fourth-order valence-electron chi connectivity index (χ4n) is 10.6. The quantitative estimate of drug-likeness (QED) is 0.108. The SMILES string of the molecule is Cc1ccc(N(c2ccc(C)cc2)c2ccc(-c3ccc(N(c4ccc(C)cc4)c4ccc(C)cc4)cc3)cc2)cc1.Cc1ccc(N(c2ccc(C)cc2)c2ccc(-c3ccc(N(c4ccc(C)cc4)c4ccc(C)cc4)cc3)cc2)cc1. The molecule has 0 unspecified atom stereocenters. The summed E-state index contributed by atoms with van der Waals surface area (Å²) in [4.78, 5) is 9.25. The van der Waals surface area contributed by atoms with E-state index in [9.17, 15) is 0 Å². The summed E-state index contributed by atoms with van der Waals surface area (Å²) in [5.74, 6) is 0. The third-order valence-electron chi connectivity index (χ3n) is 15.5. The molecular weight excluding hydrogens is 1020 g/mol. The average Bonchev–Trinajstić information content (AvgIpc) is 3.56. The second kappa shape index (κ2) is 25.3. The third-order valence-corrected chi connectivity index (χ3v) is 15.5. The molecule has 0 saturated carbocycles. The Kier molecular flexibility index (Phi) is 16.8. The lowest BCUT2D eigenvalue weighted by Gasteiger charge is -2.26. The van der Waals surface area contributed by atoms with Gasteiger partial charge in [0.1, 0.15) is 0 Å². The summed E-state index contributed by atoms with van der Waals surface area (Å²) in [6.07, 6.45) is 0. The van der Waals surface area contributed by atoms with Gasteiger partial charge in [-0.3, -0.25) is 0 Å². The minimum absolute atomic E-state index is 1.13. The van der Waals surface area contributed by atoms with Gasteiger partial charge in [-0.15, -0.1) is 0 Å². The number of aryl methyl sites for hydroxylation is 8. The Balaban J connectivity index is 0.000000175. The Bertz CT molecular complexity index is 3310. The zero-order chi connectivity index (χ0) is 58.1. The Labute approximate surface area is 498 Å². The van der Waals surface area contributed by atoms with Gasteiger partial charge in [0.15, 0.2) is 0 Å². The highest BCUT2D eigenvalue weighted by Crippen LogP contribution is 2.41. The van der Waals surface area contributed by atoms with E-state index in [2.05, 4.69) is 366 Å². The first-order valence-corrected chi connectivity index (χ1v) is 29.0. The van der Waals surface area contributed by atoms with E-state index < -0.39 is 0 Å². The van der Waals surface area contributed by atoms with Gasteiger partial charge < -0.3 is 19.6 Å². The predicted molar refractivity (Wildman–Crippen MR) is 360 cm³/mol. The predicted octanol–water partition coefficient (Wildman–Crippen LogP) is 23.1. The van der Waals surface area contributed by atoms with Gasteiger partial charge in [0, 0.05) is 68.2 Å². The van der Waals surface area contributed by atoms with Crippen molar-refractivity contribution in [2.24, 2.45) is 0 Å². The van der Waals surface area contributed by atoms with E-state index in [1.54, 1.807) is 0 Å². The van der Waals surface area contributed by atoms with Crippen LogP contribution in [0.1, 0.15) is 44.5 Å². The number of benzene rings is 12. The maximum absolute atomic E-state index is 2.31. The molecular formula is C80H72N4. The highest BCUT2D eigenvalue weighted by Gasteiger charge is 2.18. The van der Waals surface area contributed by atoms with E-state index in [0.717, 1.165) is 68.2 Å². The summed E-state index contributed by atoms with van der Waals surface area (Å²) < 4.78 is 0. The molecule has 0 bridgehead atoms. The van der Waals surface area contributed by atoms with Gasteiger partial charge in [-0.05, 0) is 223 Å². The fourth-order valence-corrected chi connectivity index (χ4v) is 10.6. The number of nitrogens with zero attached hydrogens (tertiary/aromatic N) is 4. The number of anilines is 12.